The Morgan fingerprint density at radius 2 is 1.43 bits per heavy atom. The molecule has 222 valence electrons. The van der Waals surface area contributed by atoms with Gasteiger partial charge in [-0.25, -0.2) is 8.42 Å². The largest absolute Gasteiger partial charge is 0.455 e. The molecule has 5 nitrogen and oxygen atoms in total. The summed E-state index contributed by atoms with van der Waals surface area (Å²) in [5.74, 6) is -6.35. The van der Waals surface area contributed by atoms with Crippen molar-refractivity contribution < 1.29 is 39.6 Å². The average Bonchev–Trinajstić information content (AvgIpc) is 3.37. The van der Waals surface area contributed by atoms with Gasteiger partial charge in [-0.15, -0.1) is 0 Å². The number of carbonyl (C=O) groups is 1. The highest BCUT2D eigenvalue weighted by Gasteiger charge is 2.38. The van der Waals surface area contributed by atoms with Crippen LogP contribution in [0.1, 0.15) is 46.3 Å². The van der Waals surface area contributed by atoms with E-state index in [9.17, 15) is 35.2 Å². The van der Waals surface area contributed by atoms with E-state index in [0.717, 1.165) is 35.0 Å². The molecule has 0 N–H and O–H groups in total. The van der Waals surface area contributed by atoms with Crippen LogP contribution in [0.25, 0.3) is 11.1 Å². The molecule has 1 heterocycles. The number of benzene rings is 3. The van der Waals surface area contributed by atoms with Crippen molar-refractivity contribution >= 4 is 15.8 Å². The summed E-state index contributed by atoms with van der Waals surface area (Å²) in [6.45, 7) is 5.27. The second-order valence-electron chi connectivity index (χ2n) is 10.2. The summed E-state index contributed by atoms with van der Waals surface area (Å²) < 4.78 is 102. The third kappa shape index (κ3) is 6.47. The van der Waals surface area contributed by atoms with E-state index in [0.29, 0.717) is 27.8 Å². The quantitative estimate of drug-likeness (QED) is 0.182. The molecule has 1 aromatic heterocycles. The number of alkyl halides is 5. The second kappa shape index (κ2) is 11.4. The molecular formula is C31H28F5NO4S. The Labute approximate surface area is 240 Å². The Balaban J connectivity index is 1.69. The van der Waals surface area contributed by atoms with E-state index in [2.05, 4.69) is 0 Å². The number of halogens is 5. The maximum atomic E-state index is 14.3. The van der Waals surface area contributed by atoms with E-state index in [1.807, 2.05) is 6.92 Å². The third-order valence-electron chi connectivity index (χ3n) is 6.79. The van der Waals surface area contributed by atoms with Crippen LogP contribution in [0.2, 0.25) is 0 Å². The van der Waals surface area contributed by atoms with E-state index in [1.165, 1.54) is 12.1 Å². The number of sulfonamides is 1. The lowest BCUT2D eigenvalue weighted by Crippen LogP contribution is -2.31. The van der Waals surface area contributed by atoms with Gasteiger partial charge in [0.15, 0.2) is 0 Å². The summed E-state index contributed by atoms with van der Waals surface area (Å²) in [6.07, 6.45) is -4.73. The SMILES string of the molecule is CC(=O)C(F)(F)c1cccc(-c2ccc(CN(Cc3ccc(C(F)(F)F)o3)S(=O)(=O)c3c(C)cc(C)cc3C)cc2)c1. The van der Waals surface area contributed by atoms with Crippen LogP contribution in [-0.2, 0) is 40.0 Å². The Hall–Kier alpha value is -3.83. The number of hydrogen-bond donors (Lipinski definition) is 0. The number of rotatable bonds is 9. The number of aryl methyl sites for hydroxylation is 3. The molecule has 3 aromatic carbocycles. The lowest BCUT2D eigenvalue weighted by molar-refractivity contribution is -0.153. The molecule has 0 amide bonds. The highest BCUT2D eigenvalue weighted by Crippen LogP contribution is 2.34. The normalized spacial score (nSPS) is 12.6. The van der Waals surface area contributed by atoms with Crippen molar-refractivity contribution in [1.29, 1.82) is 0 Å². The molecule has 0 saturated carbocycles. The molecule has 0 atom stereocenters. The van der Waals surface area contributed by atoms with Crippen molar-refractivity contribution in [1.82, 2.24) is 4.31 Å². The number of nitrogens with zero attached hydrogens (tertiary/aromatic N) is 1. The average molecular weight is 606 g/mol. The highest BCUT2D eigenvalue weighted by atomic mass is 32.2. The van der Waals surface area contributed by atoms with Gasteiger partial charge in [0.2, 0.25) is 21.6 Å². The molecule has 4 aromatic rings. The smallest absolute Gasteiger partial charge is 0.449 e. The van der Waals surface area contributed by atoms with Gasteiger partial charge in [-0.3, -0.25) is 4.79 Å². The number of ketones is 1. The molecule has 0 aliphatic rings. The minimum Gasteiger partial charge on any atom is -0.455 e. The molecule has 0 aliphatic heterocycles. The third-order valence-corrected chi connectivity index (χ3v) is 8.89. The number of hydrogen-bond acceptors (Lipinski definition) is 4. The van der Waals surface area contributed by atoms with Crippen LogP contribution in [0.5, 0.6) is 0 Å². The number of furan rings is 1. The number of Topliss-reactive ketones (excluding diaryl/α,β-unsaturated/α-hetero) is 1. The molecule has 0 aliphatic carbocycles. The van der Waals surface area contributed by atoms with Crippen LogP contribution in [0.3, 0.4) is 0 Å². The van der Waals surface area contributed by atoms with Crippen LogP contribution in [-0.4, -0.2) is 18.5 Å². The Morgan fingerprint density at radius 1 is 0.810 bits per heavy atom. The lowest BCUT2D eigenvalue weighted by Gasteiger charge is -2.24. The van der Waals surface area contributed by atoms with Crippen LogP contribution in [0.4, 0.5) is 22.0 Å². The first kappa shape index (κ1) is 31.1. The van der Waals surface area contributed by atoms with Gasteiger partial charge in [0.25, 0.3) is 0 Å². The van der Waals surface area contributed by atoms with Crippen LogP contribution in [0.15, 0.2) is 82.1 Å². The van der Waals surface area contributed by atoms with Gasteiger partial charge < -0.3 is 4.42 Å². The fourth-order valence-corrected chi connectivity index (χ4v) is 6.63. The van der Waals surface area contributed by atoms with Crippen LogP contribution >= 0.6 is 0 Å². The van der Waals surface area contributed by atoms with E-state index in [4.69, 9.17) is 4.42 Å². The van der Waals surface area contributed by atoms with Crippen molar-refractivity contribution in [3.8, 4) is 11.1 Å². The maximum absolute atomic E-state index is 14.3. The lowest BCUT2D eigenvalue weighted by atomic mass is 9.98. The Morgan fingerprint density at radius 3 is 1.98 bits per heavy atom. The molecule has 0 saturated heterocycles. The van der Waals surface area contributed by atoms with Gasteiger partial charge in [0.1, 0.15) is 5.76 Å². The monoisotopic (exact) mass is 605 g/mol. The zero-order chi connectivity index (χ0) is 31.0. The van der Waals surface area contributed by atoms with Crippen molar-refractivity contribution in [2.75, 3.05) is 0 Å². The summed E-state index contributed by atoms with van der Waals surface area (Å²) in [5.41, 5.74) is 2.85. The minimum absolute atomic E-state index is 0.0514. The minimum atomic E-state index is -4.73. The Kier molecular flexibility index (Phi) is 8.48. The molecule has 4 rings (SSSR count). The van der Waals surface area contributed by atoms with Crippen LogP contribution < -0.4 is 0 Å². The van der Waals surface area contributed by atoms with Gasteiger partial charge in [-0.1, -0.05) is 60.2 Å². The maximum Gasteiger partial charge on any atom is 0.449 e. The van der Waals surface area contributed by atoms with Crippen molar-refractivity contribution in [2.45, 2.75) is 57.8 Å². The second-order valence-corrected chi connectivity index (χ2v) is 12.0. The molecule has 0 radical (unpaired) electrons. The summed E-state index contributed by atoms with van der Waals surface area (Å²) in [6, 6.07) is 17.1. The highest BCUT2D eigenvalue weighted by molar-refractivity contribution is 7.89. The first-order chi connectivity index (χ1) is 19.5. The van der Waals surface area contributed by atoms with E-state index < -0.39 is 45.8 Å². The molecule has 0 unspecified atom stereocenters. The molecule has 42 heavy (non-hydrogen) atoms. The zero-order valence-corrected chi connectivity index (χ0v) is 24.0. The van der Waals surface area contributed by atoms with Crippen molar-refractivity contribution in [2.24, 2.45) is 0 Å². The van der Waals surface area contributed by atoms with Crippen LogP contribution in [0, 0.1) is 20.8 Å². The zero-order valence-electron chi connectivity index (χ0n) is 23.2. The molecule has 0 spiro atoms. The standard InChI is InChI=1S/C31H28F5NO4S/c1-19-14-20(2)29(21(3)15-19)42(39,40)37(18-27-12-13-28(41-27)31(34,35)36)17-23-8-10-24(11-9-23)25-6-5-7-26(16-25)30(32,33)22(4)38/h5-16H,17-18H2,1-4H3. The predicted molar refractivity (Wildman–Crippen MR) is 147 cm³/mol. The molecule has 0 fully saturated rings. The molecule has 0 bridgehead atoms. The van der Waals surface area contributed by atoms with E-state index in [-0.39, 0.29) is 17.2 Å². The predicted octanol–water partition coefficient (Wildman–Crippen LogP) is 7.96. The van der Waals surface area contributed by atoms with E-state index in [1.54, 1.807) is 56.3 Å². The van der Waals surface area contributed by atoms with Gasteiger partial charge in [-0.05, 0) is 66.8 Å². The summed E-state index contributed by atoms with van der Waals surface area (Å²) in [5, 5.41) is 0. The first-order valence-corrected chi connectivity index (χ1v) is 14.3. The van der Waals surface area contributed by atoms with Crippen molar-refractivity contribution in [3.63, 3.8) is 0 Å². The molecular weight excluding hydrogens is 577 g/mol. The van der Waals surface area contributed by atoms with Crippen molar-refractivity contribution in [3.05, 3.63) is 112 Å². The summed E-state index contributed by atoms with van der Waals surface area (Å²) in [7, 11) is -4.22. The van der Waals surface area contributed by atoms with Gasteiger partial charge in [0.05, 0.1) is 11.4 Å². The summed E-state index contributed by atoms with van der Waals surface area (Å²) >= 11 is 0. The van der Waals surface area contributed by atoms with Gasteiger partial charge >= 0.3 is 12.1 Å². The first-order valence-electron chi connectivity index (χ1n) is 12.8. The van der Waals surface area contributed by atoms with Gasteiger partial charge in [-0.2, -0.15) is 26.3 Å². The molecule has 11 heteroatoms. The number of carbonyl (C=O) groups excluding carboxylic acids is 1. The van der Waals surface area contributed by atoms with Gasteiger partial charge in [0, 0.05) is 19.0 Å². The van der Waals surface area contributed by atoms with E-state index >= 15 is 0 Å². The summed E-state index contributed by atoms with van der Waals surface area (Å²) in [4.78, 5) is 11.5. The fourth-order valence-electron chi connectivity index (χ4n) is 4.82. The fraction of sp³-hybridized carbons (Fsp3) is 0.258. The Bertz CT molecular complexity index is 1700. The topological polar surface area (TPSA) is 67.6 Å².